The van der Waals surface area contributed by atoms with Gasteiger partial charge in [-0.15, -0.1) is 5.10 Å². The summed E-state index contributed by atoms with van der Waals surface area (Å²) in [6.07, 6.45) is 2.67. The molecule has 0 saturated heterocycles. The van der Waals surface area contributed by atoms with Gasteiger partial charge in [-0.05, 0) is 25.7 Å². The zero-order valence-electron chi connectivity index (χ0n) is 8.10. The molecule has 2 N–H and O–H groups in total. The summed E-state index contributed by atoms with van der Waals surface area (Å²) in [7, 11) is 0. The molecule has 2 rings (SSSR count). The van der Waals surface area contributed by atoms with Crippen molar-refractivity contribution in [3.8, 4) is 0 Å². The van der Waals surface area contributed by atoms with Crippen LogP contribution in [0.15, 0.2) is 9.21 Å². The van der Waals surface area contributed by atoms with Gasteiger partial charge in [0.1, 0.15) is 0 Å². The second kappa shape index (κ2) is 3.88. The number of aliphatic carboxylic acids is 1. The van der Waals surface area contributed by atoms with E-state index >= 15 is 0 Å². The highest BCUT2D eigenvalue weighted by molar-refractivity contribution is 5.70. The highest BCUT2D eigenvalue weighted by atomic mass is 16.4. The highest BCUT2D eigenvalue weighted by Crippen LogP contribution is 2.34. The molecule has 0 unspecified atom stereocenters. The molecule has 0 amide bonds. The molecule has 1 fully saturated rings. The van der Waals surface area contributed by atoms with Crippen LogP contribution in [0.25, 0.3) is 0 Å². The van der Waals surface area contributed by atoms with Crippen LogP contribution in [0.2, 0.25) is 0 Å². The lowest BCUT2D eigenvalue weighted by Crippen LogP contribution is -2.20. The van der Waals surface area contributed by atoms with Crippen molar-refractivity contribution < 1.29 is 14.3 Å². The molecule has 1 heterocycles. The number of H-pyrrole nitrogens is 1. The Morgan fingerprint density at radius 2 is 2.07 bits per heavy atom. The maximum Gasteiger partial charge on any atom is 0.434 e. The van der Waals surface area contributed by atoms with E-state index in [1.165, 1.54) is 0 Å². The van der Waals surface area contributed by atoms with E-state index in [1.54, 1.807) is 0 Å². The topological polar surface area (TPSA) is 96.2 Å². The fraction of sp³-hybridized carbons (Fsp3) is 0.667. The van der Waals surface area contributed by atoms with E-state index in [0.717, 1.165) is 0 Å². The zero-order valence-corrected chi connectivity index (χ0v) is 8.10. The molecule has 0 radical (unpaired) electrons. The third-order valence-electron chi connectivity index (χ3n) is 2.88. The van der Waals surface area contributed by atoms with Crippen LogP contribution in [0.5, 0.6) is 0 Å². The van der Waals surface area contributed by atoms with Crippen molar-refractivity contribution in [2.45, 2.75) is 31.6 Å². The molecule has 0 atom stereocenters. The lowest BCUT2D eigenvalue weighted by Gasteiger charge is -2.23. The first-order valence-corrected chi connectivity index (χ1v) is 4.95. The minimum atomic E-state index is -0.739. The van der Waals surface area contributed by atoms with Gasteiger partial charge >= 0.3 is 11.7 Å². The average Bonchev–Trinajstić information content (AvgIpc) is 2.65. The number of hydrogen-bond donors (Lipinski definition) is 2. The summed E-state index contributed by atoms with van der Waals surface area (Å²) in [6, 6.07) is 0. The lowest BCUT2D eigenvalue weighted by atomic mass is 9.82. The second-order valence-corrected chi connectivity index (χ2v) is 3.84. The first kappa shape index (κ1) is 9.95. The summed E-state index contributed by atoms with van der Waals surface area (Å²) in [5.74, 6) is -1.06. The number of aromatic amines is 1. The van der Waals surface area contributed by atoms with Gasteiger partial charge in [-0.2, -0.15) is 0 Å². The van der Waals surface area contributed by atoms with Crippen molar-refractivity contribution in [3.63, 3.8) is 0 Å². The standard InChI is InChI=1S/C9H12N2O4/c12-8(13)6-3-1-5(2-4-6)7-10-11-9(14)15-7/h5-6H,1-4H2,(H,11,14)(H,12,13)/t5-,6-. The lowest BCUT2D eigenvalue weighted by molar-refractivity contribution is -0.142. The van der Waals surface area contributed by atoms with Gasteiger partial charge in [-0.3, -0.25) is 4.79 Å². The summed E-state index contributed by atoms with van der Waals surface area (Å²) < 4.78 is 4.85. The number of carboxylic acid groups (broad SMARTS) is 1. The van der Waals surface area contributed by atoms with Crippen LogP contribution in [0.1, 0.15) is 37.5 Å². The molecule has 1 saturated carbocycles. The molecule has 1 aromatic rings. The molecular formula is C9H12N2O4. The molecule has 0 aliphatic heterocycles. The second-order valence-electron chi connectivity index (χ2n) is 3.84. The summed E-state index contributed by atoms with van der Waals surface area (Å²) in [6.45, 7) is 0. The van der Waals surface area contributed by atoms with Gasteiger partial charge in [-0.1, -0.05) is 0 Å². The molecule has 6 nitrogen and oxygen atoms in total. The molecule has 1 aliphatic rings. The maximum atomic E-state index is 10.7. The van der Waals surface area contributed by atoms with Crippen LogP contribution in [0.4, 0.5) is 0 Å². The van der Waals surface area contributed by atoms with Gasteiger partial charge in [0.05, 0.1) is 5.92 Å². The molecule has 1 aromatic heterocycles. The first-order valence-electron chi connectivity index (χ1n) is 4.95. The predicted octanol–water partition coefficient (Wildman–Crippen LogP) is 0.721. The third kappa shape index (κ3) is 2.08. The SMILES string of the molecule is O=c1[nH]nc([C@H]2CC[C@H](C(=O)O)CC2)o1. The van der Waals surface area contributed by atoms with Crippen LogP contribution in [-0.4, -0.2) is 21.3 Å². The molecular weight excluding hydrogens is 200 g/mol. The predicted molar refractivity (Wildman–Crippen MR) is 49.5 cm³/mol. The Bertz CT molecular complexity index is 400. The number of rotatable bonds is 2. The number of carboxylic acids is 1. The number of hydrogen-bond acceptors (Lipinski definition) is 4. The van der Waals surface area contributed by atoms with Crippen molar-refractivity contribution in [3.05, 3.63) is 16.4 Å². The van der Waals surface area contributed by atoms with E-state index in [1.807, 2.05) is 0 Å². The molecule has 15 heavy (non-hydrogen) atoms. The van der Waals surface area contributed by atoms with Crippen LogP contribution in [0, 0.1) is 5.92 Å². The van der Waals surface area contributed by atoms with Crippen LogP contribution >= 0.6 is 0 Å². The number of nitrogens with zero attached hydrogens (tertiary/aromatic N) is 1. The van der Waals surface area contributed by atoms with Crippen LogP contribution in [-0.2, 0) is 4.79 Å². The Morgan fingerprint density at radius 3 is 2.53 bits per heavy atom. The van der Waals surface area contributed by atoms with Crippen LogP contribution in [0.3, 0.4) is 0 Å². The van der Waals surface area contributed by atoms with Crippen molar-refractivity contribution in [2.75, 3.05) is 0 Å². The van der Waals surface area contributed by atoms with Crippen molar-refractivity contribution in [1.82, 2.24) is 10.2 Å². The Labute approximate surface area is 85.3 Å². The van der Waals surface area contributed by atoms with Gasteiger partial charge < -0.3 is 9.52 Å². The third-order valence-corrected chi connectivity index (χ3v) is 2.88. The largest absolute Gasteiger partial charge is 0.481 e. The molecule has 82 valence electrons. The minimum Gasteiger partial charge on any atom is -0.481 e. The Hall–Kier alpha value is -1.59. The minimum absolute atomic E-state index is 0.0829. The summed E-state index contributed by atoms with van der Waals surface area (Å²) in [5.41, 5.74) is 0. The number of carbonyl (C=O) groups is 1. The molecule has 6 heteroatoms. The number of nitrogens with one attached hydrogen (secondary N) is 1. The first-order chi connectivity index (χ1) is 7.16. The molecule has 1 aliphatic carbocycles. The van der Waals surface area contributed by atoms with Crippen molar-refractivity contribution in [1.29, 1.82) is 0 Å². The summed E-state index contributed by atoms with van der Waals surface area (Å²) in [4.78, 5) is 21.4. The van der Waals surface area contributed by atoms with E-state index in [-0.39, 0.29) is 11.8 Å². The Morgan fingerprint density at radius 1 is 1.40 bits per heavy atom. The molecule has 0 spiro atoms. The number of aromatic nitrogens is 2. The van der Waals surface area contributed by atoms with Gasteiger partial charge in [0.15, 0.2) is 0 Å². The smallest absolute Gasteiger partial charge is 0.434 e. The molecule has 0 aromatic carbocycles. The van der Waals surface area contributed by atoms with E-state index in [4.69, 9.17) is 9.52 Å². The fourth-order valence-corrected chi connectivity index (χ4v) is 2.00. The fourth-order valence-electron chi connectivity index (χ4n) is 2.00. The van der Waals surface area contributed by atoms with Crippen molar-refractivity contribution in [2.24, 2.45) is 5.92 Å². The van der Waals surface area contributed by atoms with E-state index < -0.39 is 11.7 Å². The summed E-state index contributed by atoms with van der Waals surface area (Å²) in [5, 5.41) is 14.8. The normalized spacial score (nSPS) is 26.4. The molecule has 0 bridgehead atoms. The van der Waals surface area contributed by atoms with E-state index in [9.17, 15) is 9.59 Å². The Balaban J connectivity index is 1.99. The van der Waals surface area contributed by atoms with Crippen LogP contribution < -0.4 is 5.76 Å². The van der Waals surface area contributed by atoms with Crippen molar-refractivity contribution >= 4 is 5.97 Å². The maximum absolute atomic E-state index is 10.7. The zero-order chi connectivity index (χ0) is 10.8. The quantitative estimate of drug-likeness (QED) is 0.752. The van der Waals surface area contributed by atoms with Gasteiger partial charge in [0.25, 0.3) is 0 Å². The highest BCUT2D eigenvalue weighted by Gasteiger charge is 2.29. The van der Waals surface area contributed by atoms with Gasteiger partial charge in [0.2, 0.25) is 5.89 Å². The van der Waals surface area contributed by atoms with E-state index in [0.29, 0.717) is 31.6 Å². The summed E-state index contributed by atoms with van der Waals surface area (Å²) >= 11 is 0. The monoisotopic (exact) mass is 212 g/mol. The average molecular weight is 212 g/mol. The Kier molecular flexibility index (Phi) is 2.57. The van der Waals surface area contributed by atoms with E-state index in [2.05, 4.69) is 10.2 Å². The van der Waals surface area contributed by atoms with Gasteiger partial charge in [-0.25, -0.2) is 9.89 Å². The van der Waals surface area contributed by atoms with Gasteiger partial charge in [0, 0.05) is 5.92 Å².